The summed E-state index contributed by atoms with van der Waals surface area (Å²) in [5.74, 6) is -0.302. The molecule has 0 aromatic heterocycles. The summed E-state index contributed by atoms with van der Waals surface area (Å²) < 4.78 is 0. The highest BCUT2D eigenvalue weighted by molar-refractivity contribution is 6.08. The predicted octanol–water partition coefficient (Wildman–Crippen LogP) is 1.11. The van der Waals surface area contributed by atoms with E-state index in [0.717, 1.165) is 4.90 Å². The normalized spacial score (nSPS) is 20.1. The van der Waals surface area contributed by atoms with Gasteiger partial charge in [0.1, 0.15) is 5.54 Å². The van der Waals surface area contributed by atoms with E-state index in [-0.39, 0.29) is 19.1 Å². The summed E-state index contributed by atoms with van der Waals surface area (Å²) in [4.78, 5) is 26.8. The average molecular weight is 238 g/mol. The molecule has 0 aliphatic carbocycles. The van der Waals surface area contributed by atoms with Gasteiger partial charge in [-0.1, -0.05) is 12.7 Å². The minimum atomic E-state index is -0.933. The van der Waals surface area contributed by atoms with Gasteiger partial charge in [0, 0.05) is 12.2 Å². The van der Waals surface area contributed by atoms with Crippen LogP contribution in [0.1, 0.15) is 20.8 Å². The second kappa shape index (κ2) is 4.71. The lowest BCUT2D eigenvalue weighted by molar-refractivity contribution is -0.130. The van der Waals surface area contributed by atoms with Gasteiger partial charge in [0.25, 0.3) is 5.91 Å². The van der Waals surface area contributed by atoms with Gasteiger partial charge in [-0.3, -0.25) is 4.79 Å². The van der Waals surface area contributed by atoms with E-state index in [0.29, 0.717) is 5.70 Å². The molecule has 0 aromatic carbocycles. The topological polar surface area (TPSA) is 60.9 Å². The zero-order valence-corrected chi connectivity index (χ0v) is 10.4. The van der Waals surface area contributed by atoms with Gasteiger partial charge >= 0.3 is 6.03 Å². The average Bonchev–Trinajstić information content (AvgIpc) is 2.45. The molecule has 1 N–H and O–H groups in total. The van der Waals surface area contributed by atoms with E-state index in [1.165, 1.54) is 11.0 Å². The quantitative estimate of drug-likeness (QED) is 0.589. The number of urea groups is 1. The van der Waals surface area contributed by atoms with Crippen molar-refractivity contribution in [1.82, 2.24) is 9.80 Å². The molecule has 1 aliphatic rings. The molecule has 0 radical (unpaired) electrons. The van der Waals surface area contributed by atoms with Crippen LogP contribution in [0.4, 0.5) is 4.79 Å². The molecule has 94 valence electrons. The Labute approximate surface area is 101 Å². The van der Waals surface area contributed by atoms with E-state index in [2.05, 4.69) is 6.58 Å². The molecule has 0 atom stereocenters. The maximum atomic E-state index is 12.2. The molecule has 0 unspecified atom stereocenters. The van der Waals surface area contributed by atoms with Crippen LogP contribution in [0, 0.1) is 0 Å². The second-order valence-electron chi connectivity index (χ2n) is 4.28. The van der Waals surface area contributed by atoms with Gasteiger partial charge in [-0.05, 0) is 26.8 Å². The third kappa shape index (κ3) is 1.98. The van der Waals surface area contributed by atoms with Crippen LogP contribution < -0.4 is 0 Å². The fourth-order valence-corrected chi connectivity index (χ4v) is 1.88. The van der Waals surface area contributed by atoms with E-state index in [1.54, 1.807) is 26.8 Å². The molecule has 3 amide bonds. The molecule has 17 heavy (non-hydrogen) atoms. The van der Waals surface area contributed by atoms with Gasteiger partial charge in [0.15, 0.2) is 0 Å². The number of nitrogens with zero attached hydrogens (tertiary/aromatic N) is 2. The van der Waals surface area contributed by atoms with Crippen molar-refractivity contribution in [2.24, 2.45) is 0 Å². The van der Waals surface area contributed by atoms with E-state index >= 15 is 0 Å². The molecule has 5 nitrogen and oxygen atoms in total. The van der Waals surface area contributed by atoms with Crippen LogP contribution in [0.5, 0.6) is 0 Å². The third-order valence-electron chi connectivity index (χ3n) is 2.91. The summed E-state index contributed by atoms with van der Waals surface area (Å²) >= 11 is 0. The Kier molecular flexibility index (Phi) is 3.72. The Morgan fingerprint density at radius 3 is 2.47 bits per heavy atom. The van der Waals surface area contributed by atoms with Gasteiger partial charge in [-0.2, -0.15) is 0 Å². The number of amides is 3. The first kappa shape index (κ1) is 13.4. The number of aliphatic hydroxyl groups is 1. The van der Waals surface area contributed by atoms with E-state index in [9.17, 15) is 9.59 Å². The first-order valence-corrected chi connectivity index (χ1v) is 5.47. The summed E-state index contributed by atoms with van der Waals surface area (Å²) in [6.07, 6.45) is 3.12. The van der Waals surface area contributed by atoms with Crippen LogP contribution >= 0.6 is 0 Å². The molecular formula is C12H18N2O3. The molecular weight excluding hydrogens is 220 g/mol. The molecule has 0 bridgehead atoms. The predicted molar refractivity (Wildman–Crippen MR) is 64.1 cm³/mol. The Morgan fingerprint density at radius 1 is 1.47 bits per heavy atom. The number of carbonyl (C=O) groups is 2. The van der Waals surface area contributed by atoms with Gasteiger partial charge < -0.3 is 10.0 Å². The molecule has 1 heterocycles. The first-order chi connectivity index (χ1) is 7.91. The minimum Gasteiger partial charge on any atom is -0.395 e. The number of imide groups is 1. The maximum Gasteiger partial charge on any atom is 0.332 e. The van der Waals surface area contributed by atoms with Crippen LogP contribution in [0.3, 0.4) is 0 Å². The summed E-state index contributed by atoms with van der Waals surface area (Å²) in [5, 5.41) is 8.94. The van der Waals surface area contributed by atoms with Crippen molar-refractivity contribution in [3.63, 3.8) is 0 Å². The highest BCUT2D eigenvalue weighted by Gasteiger charge is 2.51. The maximum absolute atomic E-state index is 12.2. The van der Waals surface area contributed by atoms with Crippen molar-refractivity contribution in [1.29, 1.82) is 0 Å². The van der Waals surface area contributed by atoms with Crippen molar-refractivity contribution in [2.45, 2.75) is 26.3 Å². The van der Waals surface area contributed by atoms with Crippen LogP contribution in [0.15, 0.2) is 24.4 Å². The van der Waals surface area contributed by atoms with E-state index in [4.69, 9.17) is 5.11 Å². The summed E-state index contributed by atoms with van der Waals surface area (Å²) in [6, 6.07) is -0.415. The number of allylic oxidation sites excluding steroid dienone is 2. The molecule has 1 aliphatic heterocycles. The highest BCUT2D eigenvalue weighted by Crippen LogP contribution is 2.30. The number of β-amino-alcohol motifs (C(OH)–C–C–N with tert-alkyl or cyclic N) is 1. The van der Waals surface area contributed by atoms with Crippen molar-refractivity contribution < 1.29 is 14.7 Å². The van der Waals surface area contributed by atoms with Crippen LogP contribution in [0.25, 0.3) is 0 Å². The lowest BCUT2D eigenvalue weighted by Gasteiger charge is -2.26. The lowest BCUT2D eigenvalue weighted by Crippen LogP contribution is -2.45. The van der Waals surface area contributed by atoms with Crippen molar-refractivity contribution >= 4 is 11.9 Å². The van der Waals surface area contributed by atoms with Gasteiger partial charge in [0.2, 0.25) is 0 Å². The monoisotopic (exact) mass is 238 g/mol. The number of hydrogen-bond donors (Lipinski definition) is 1. The largest absolute Gasteiger partial charge is 0.395 e. The Morgan fingerprint density at radius 2 is 2.06 bits per heavy atom. The van der Waals surface area contributed by atoms with Crippen molar-refractivity contribution in [3.8, 4) is 0 Å². The number of hydrogen-bond acceptors (Lipinski definition) is 3. The third-order valence-corrected chi connectivity index (χ3v) is 2.91. The van der Waals surface area contributed by atoms with Crippen molar-refractivity contribution in [2.75, 3.05) is 13.2 Å². The van der Waals surface area contributed by atoms with Crippen LogP contribution in [-0.4, -0.2) is 45.5 Å². The summed E-state index contributed by atoms with van der Waals surface area (Å²) in [6.45, 7) is 8.62. The molecule has 0 aromatic rings. The second-order valence-corrected chi connectivity index (χ2v) is 4.28. The Hall–Kier alpha value is -1.62. The molecule has 1 rings (SSSR count). The first-order valence-electron chi connectivity index (χ1n) is 5.47. The van der Waals surface area contributed by atoms with Crippen LogP contribution in [0.2, 0.25) is 0 Å². The van der Waals surface area contributed by atoms with E-state index in [1.807, 2.05) is 0 Å². The SMILES string of the molecule is C=C/C(=C\C)N1C(=O)N(CCO)C(C)(C)C1=O. The zero-order chi connectivity index (χ0) is 13.2. The minimum absolute atomic E-state index is 0.141. The van der Waals surface area contributed by atoms with Gasteiger partial charge in [-0.25, -0.2) is 9.69 Å². The molecule has 1 fully saturated rings. The Bertz CT molecular complexity index is 385. The lowest BCUT2D eigenvalue weighted by atomic mass is 10.0. The Balaban J connectivity index is 3.17. The zero-order valence-electron chi connectivity index (χ0n) is 10.4. The molecule has 0 saturated carbocycles. The van der Waals surface area contributed by atoms with Gasteiger partial charge in [0.05, 0.1) is 6.61 Å². The summed E-state index contributed by atoms with van der Waals surface area (Å²) in [5.41, 5.74) is -0.467. The highest BCUT2D eigenvalue weighted by atomic mass is 16.3. The van der Waals surface area contributed by atoms with Gasteiger partial charge in [-0.15, -0.1) is 0 Å². The molecule has 0 spiro atoms. The van der Waals surface area contributed by atoms with E-state index < -0.39 is 11.6 Å². The summed E-state index contributed by atoms with van der Waals surface area (Å²) in [7, 11) is 0. The number of carbonyl (C=O) groups excluding carboxylic acids is 2. The standard InChI is InChI=1S/C12H18N2O3/c1-5-9(6-2)14-10(16)12(3,4)13(7-8-15)11(14)17/h5-6,15H,1,7-8H2,2-4H3/b9-6+. The fourth-order valence-electron chi connectivity index (χ4n) is 1.88. The number of rotatable bonds is 4. The molecule has 5 heteroatoms. The van der Waals surface area contributed by atoms with Crippen molar-refractivity contribution in [3.05, 3.63) is 24.4 Å². The fraction of sp³-hybridized carbons (Fsp3) is 0.500. The van der Waals surface area contributed by atoms with Crippen LogP contribution in [-0.2, 0) is 4.79 Å². The molecule has 1 saturated heterocycles. The number of aliphatic hydroxyl groups excluding tert-OH is 1. The smallest absolute Gasteiger partial charge is 0.332 e.